The van der Waals surface area contributed by atoms with Crippen LogP contribution >= 0.6 is 11.6 Å². The molecule has 2 aromatic carbocycles. The molecule has 1 saturated heterocycles. The van der Waals surface area contributed by atoms with Crippen LogP contribution in [0.25, 0.3) is 11.0 Å². The largest absolute Gasteiger partial charge is 0.440 e. The molecule has 1 unspecified atom stereocenters. The molecule has 0 spiro atoms. The van der Waals surface area contributed by atoms with Gasteiger partial charge >= 0.3 is 11.8 Å². The summed E-state index contributed by atoms with van der Waals surface area (Å²) in [7, 11) is 1.92. The molecular weight excluding hydrogens is 566 g/mol. The van der Waals surface area contributed by atoms with Crippen LogP contribution in [0.15, 0.2) is 61.1 Å². The molecule has 2 aromatic heterocycles. The zero-order valence-corrected chi connectivity index (χ0v) is 25.1. The molecule has 43 heavy (non-hydrogen) atoms. The molecule has 11 heteroatoms. The lowest BCUT2D eigenvalue weighted by Crippen LogP contribution is -2.44. The van der Waals surface area contributed by atoms with Crippen LogP contribution < -0.4 is 5.32 Å². The Balaban J connectivity index is 1.32. The van der Waals surface area contributed by atoms with Crippen LogP contribution in [-0.4, -0.2) is 62.2 Å². The van der Waals surface area contributed by atoms with Crippen molar-refractivity contribution in [2.24, 2.45) is 11.8 Å². The first-order chi connectivity index (χ1) is 20.8. The number of nitrogens with one attached hydrogen (secondary N) is 1. The smallest absolute Gasteiger partial charge is 0.341 e. The summed E-state index contributed by atoms with van der Waals surface area (Å²) in [5.41, 5.74) is 3.32. The van der Waals surface area contributed by atoms with Gasteiger partial charge in [0.05, 0.1) is 30.6 Å². The molecule has 220 valence electrons. The molecule has 1 amide bonds. The first kappa shape index (κ1) is 29.7. The summed E-state index contributed by atoms with van der Waals surface area (Å²) in [6.45, 7) is 5.27. The highest BCUT2D eigenvalue weighted by atomic mass is 35.5. The Morgan fingerprint density at radius 1 is 1.19 bits per heavy atom. The Morgan fingerprint density at radius 2 is 1.98 bits per heavy atom. The Bertz CT molecular complexity index is 1740. The fraction of sp³-hybridized carbons (Fsp3) is 0.312. The zero-order valence-electron chi connectivity index (χ0n) is 24.3. The van der Waals surface area contributed by atoms with E-state index in [0.717, 1.165) is 23.1 Å². The van der Waals surface area contributed by atoms with Crippen molar-refractivity contribution in [1.82, 2.24) is 19.4 Å². The molecular formula is C32H33ClN7O3+. The minimum absolute atomic E-state index is 0.0354. The fourth-order valence-corrected chi connectivity index (χ4v) is 5.47. The molecule has 0 saturated carbocycles. The maximum Gasteiger partial charge on any atom is 0.341 e. The van der Waals surface area contributed by atoms with E-state index in [1.165, 1.54) is 6.33 Å². The van der Waals surface area contributed by atoms with Gasteiger partial charge in [0.2, 0.25) is 12.2 Å². The Hall–Kier alpha value is -4.75. The fourth-order valence-electron chi connectivity index (χ4n) is 5.30. The number of nitrogens with zero attached hydrogens (tertiary/aromatic N) is 6. The molecule has 1 aliphatic rings. The normalized spacial score (nSPS) is 17.0. The van der Waals surface area contributed by atoms with Crippen LogP contribution in [0.3, 0.4) is 0 Å². The second-order valence-corrected chi connectivity index (χ2v) is 11.1. The van der Waals surface area contributed by atoms with Gasteiger partial charge in [0.15, 0.2) is 12.4 Å². The van der Waals surface area contributed by atoms with Gasteiger partial charge in [-0.2, -0.15) is 10.2 Å². The molecule has 2 atom stereocenters. The first-order valence-electron chi connectivity index (χ1n) is 14.1. The van der Waals surface area contributed by atoms with Crippen molar-refractivity contribution in [3.05, 3.63) is 77.2 Å². The van der Waals surface area contributed by atoms with Crippen molar-refractivity contribution < 1.29 is 18.9 Å². The number of hydrogen-bond donors (Lipinski definition) is 1. The monoisotopic (exact) mass is 598 g/mol. The van der Waals surface area contributed by atoms with Crippen molar-refractivity contribution in [3.8, 4) is 6.07 Å². The number of carbonyl (C=O) groups excluding carboxylic acids is 2. The number of rotatable bonds is 8. The van der Waals surface area contributed by atoms with Gasteiger partial charge in [0, 0.05) is 35.9 Å². The van der Waals surface area contributed by atoms with Crippen molar-refractivity contribution in [2.45, 2.75) is 33.4 Å². The number of piperidine rings is 1. The minimum Gasteiger partial charge on any atom is -0.440 e. The van der Waals surface area contributed by atoms with Crippen molar-refractivity contribution in [2.75, 3.05) is 25.5 Å². The highest BCUT2D eigenvalue weighted by molar-refractivity contribution is 6.31. The van der Waals surface area contributed by atoms with E-state index < -0.39 is 5.97 Å². The molecule has 0 bridgehead atoms. The quantitative estimate of drug-likeness (QED) is 0.157. The number of carbonyl (C=O) groups is 2. The predicted octanol–water partition coefficient (Wildman–Crippen LogP) is 5.69. The van der Waals surface area contributed by atoms with Gasteiger partial charge in [-0.25, -0.2) is 9.37 Å². The number of likely N-dealkylation sites (tertiary alicyclic amines) is 1. The third-order valence-electron chi connectivity index (χ3n) is 7.90. The van der Waals surface area contributed by atoms with Gasteiger partial charge in [-0.1, -0.05) is 36.7 Å². The maximum absolute atomic E-state index is 13.2. The van der Waals surface area contributed by atoms with Gasteiger partial charge < -0.3 is 15.0 Å². The third kappa shape index (κ3) is 6.52. The molecule has 0 radical (unpaired) electrons. The topological polar surface area (TPSA) is 116 Å². The molecule has 4 aromatic rings. The summed E-state index contributed by atoms with van der Waals surface area (Å²) < 4.78 is 9.44. The van der Waals surface area contributed by atoms with Gasteiger partial charge in [-0.05, 0) is 60.1 Å². The summed E-state index contributed by atoms with van der Waals surface area (Å²) in [4.78, 5) is 36.3. The number of ether oxygens (including phenoxy) is 1. The average molecular weight is 599 g/mol. The van der Waals surface area contributed by atoms with Gasteiger partial charge in [0.25, 0.3) is 0 Å². The third-order valence-corrected chi connectivity index (χ3v) is 8.31. The molecule has 1 N–H and O–H groups in total. The van der Waals surface area contributed by atoms with Crippen LogP contribution in [-0.2, 0) is 16.3 Å². The number of esters is 1. The number of halogens is 1. The Labute approximate surface area is 255 Å². The molecule has 5 rings (SSSR count). The predicted molar refractivity (Wildman–Crippen MR) is 165 cm³/mol. The van der Waals surface area contributed by atoms with Crippen LogP contribution in [0.2, 0.25) is 5.02 Å². The number of nitriles is 1. The summed E-state index contributed by atoms with van der Waals surface area (Å²) in [6.07, 6.45) is 6.14. The number of amides is 1. The number of aromatic nitrogens is 3. The molecule has 1 fully saturated rings. The molecule has 3 heterocycles. The Morgan fingerprint density at radius 3 is 2.79 bits per heavy atom. The van der Waals surface area contributed by atoms with E-state index in [4.69, 9.17) is 21.6 Å². The van der Waals surface area contributed by atoms with Gasteiger partial charge in [-0.15, -0.1) is 0 Å². The van der Waals surface area contributed by atoms with Crippen LogP contribution in [0.4, 0.5) is 17.2 Å². The molecule has 0 aliphatic carbocycles. The van der Waals surface area contributed by atoms with Crippen molar-refractivity contribution >= 4 is 57.9 Å². The lowest BCUT2D eigenvalue weighted by Gasteiger charge is -2.34. The van der Waals surface area contributed by atoms with Crippen LogP contribution in [0.1, 0.15) is 35.7 Å². The molecule has 1 aliphatic heterocycles. The second kappa shape index (κ2) is 13.0. The number of fused-ring (bicyclic) bond motifs is 1. The minimum atomic E-state index is -0.480. The maximum atomic E-state index is 13.2. The lowest BCUT2D eigenvalue weighted by atomic mass is 9.87. The van der Waals surface area contributed by atoms with Crippen LogP contribution in [0.5, 0.6) is 0 Å². The second-order valence-electron chi connectivity index (χ2n) is 10.7. The Kier molecular flexibility index (Phi) is 9.02. The number of anilines is 2. The standard InChI is InChI=1S/C32H32ClN7O3/c1-21-12-15-39(29(41)11-14-34)18-23(21)17-38(3)30-25-13-16-40(31(25)36-19-35-30)20-43-32(42)24-7-4-5-9-28(24)37-27-10-6-8-26(33)22(27)2/h4-10,13,16-17,19,21,23H,11-12,15,18,20H2,1-3H3/p+1/t21-,23?/m1/s1. The van der Waals surface area contributed by atoms with E-state index in [1.807, 2.05) is 67.2 Å². The zero-order chi connectivity index (χ0) is 30.5. The highest BCUT2D eigenvalue weighted by Gasteiger charge is 2.29. The summed E-state index contributed by atoms with van der Waals surface area (Å²) in [6, 6.07) is 16.6. The van der Waals surface area contributed by atoms with E-state index >= 15 is 0 Å². The van der Waals surface area contributed by atoms with Crippen molar-refractivity contribution in [1.29, 1.82) is 5.26 Å². The van der Waals surface area contributed by atoms with E-state index in [2.05, 4.69) is 28.4 Å². The summed E-state index contributed by atoms with van der Waals surface area (Å²) in [5.74, 6) is 0.568. The lowest BCUT2D eigenvalue weighted by molar-refractivity contribution is -0.405. The van der Waals surface area contributed by atoms with Crippen LogP contribution in [0, 0.1) is 30.1 Å². The van der Waals surface area contributed by atoms with Crippen molar-refractivity contribution in [3.63, 3.8) is 0 Å². The number of benzene rings is 2. The van der Waals surface area contributed by atoms with Gasteiger partial charge in [0.1, 0.15) is 11.8 Å². The molecule has 10 nitrogen and oxygen atoms in total. The average Bonchev–Trinajstić information content (AvgIpc) is 3.43. The number of hydrogen-bond acceptors (Lipinski definition) is 7. The number of para-hydroxylation sites is 1. The van der Waals surface area contributed by atoms with E-state index in [1.54, 1.807) is 21.6 Å². The SMILES string of the molecule is Cc1c(Cl)cccc1Nc1ccccc1C(=O)OCn1ccc2c([N+](C)=CC3CN(C(=O)CC#N)CC[C@H]3C)ncnc21. The first-order valence-corrected chi connectivity index (χ1v) is 14.4. The summed E-state index contributed by atoms with van der Waals surface area (Å²) >= 11 is 6.28. The highest BCUT2D eigenvalue weighted by Crippen LogP contribution is 2.29. The van der Waals surface area contributed by atoms with E-state index in [9.17, 15) is 9.59 Å². The van der Waals surface area contributed by atoms with E-state index in [-0.39, 0.29) is 25.0 Å². The van der Waals surface area contributed by atoms with E-state index in [0.29, 0.717) is 46.7 Å². The van der Waals surface area contributed by atoms with Gasteiger partial charge in [-0.3, -0.25) is 9.36 Å². The summed E-state index contributed by atoms with van der Waals surface area (Å²) in [5, 5.41) is 13.7.